The van der Waals surface area contributed by atoms with Crippen LogP contribution in [0.5, 0.6) is 0 Å². The molecule has 0 aliphatic carbocycles. The lowest BCUT2D eigenvalue weighted by molar-refractivity contribution is -0.291. The fourth-order valence-electron chi connectivity index (χ4n) is 1.51. The second kappa shape index (κ2) is 6.09. The maximum Gasteiger partial charge on any atom is 0.411 e. The summed E-state index contributed by atoms with van der Waals surface area (Å²) < 4.78 is 78.7. The third kappa shape index (κ3) is 3.25. The Morgan fingerprint density at radius 2 is 1.48 bits per heavy atom. The van der Waals surface area contributed by atoms with Gasteiger partial charge in [0.25, 0.3) is 0 Å². The van der Waals surface area contributed by atoms with E-state index >= 15 is 0 Å². The van der Waals surface area contributed by atoms with E-state index in [1.807, 2.05) is 0 Å². The Labute approximate surface area is 126 Å². The summed E-state index contributed by atoms with van der Waals surface area (Å²) in [5.41, 5.74) is 0.416. The molecule has 0 radical (unpaired) electrons. The summed E-state index contributed by atoms with van der Waals surface area (Å²) >= 11 is 0. The Hall–Kier alpha value is -2.26. The summed E-state index contributed by atoms with van der Waals surface area (Å²) in [6.45, 7) is 1.77. The Kier molecular flexibility index (Phi) is 4.97. The van der Waals surface area contributed by atoms with E-state index in [0.717, 1.165) is 17.7 Å². The Morgan fingerprint density at radius 3 is 1.87 bits per heavy atom. The number of anilines is 1. The van der Waals surface area contributed by atoms with Crippen molar-refractivity contribution in [3.8, 4) is 0 Å². The average Bonchev–Trinajstić information content (AvgIpc) is 2.47. The molecule has 1 aromatic rings. The van der Waals surface area contributed by atoms with E-state index in [4.69, 9.17) is 5.11 Å². The van der Waals surface area contributed by atoms with Crippen LogP contribution in [0, 0.1) is 0 Å². The number of alkyl halides is 6. The van der Waals surface area contributed by atoms with Crippen molar-refractivity contribution in [2.24, 2.45) is 0 Å². The van der Waals surface area contributed by atoms with Crippen LogP contribution in [-0.2, 0) is 16.0 Å². The number of carboxylic acid groups (broad SMARTS) is 1. The molecule has 10 heteroatoms. The number of hydrogen-bond donors (Lipinski definition) is 2. The Morgan fingerprint density at radius 1 is 1.00 bits per heavy atom. The van der Waals surface area contributed by atoms with E-state index in [1.165, 1.54) is 17.4 Å². The normalized spacial score (nSPS) is 12.8. The van der Waals surface area contributed by atoms with Crippen molar-refractivity contribution < 1.29 is 41.0 Å². The average molecular weight is 343 g/mol. The maximum absolute atomic E-state index is 13.4. The fraction of sp³-hybridized carbons (Fsp3) is 0.385. The van der Waals surface area contributed by atoms with Crippen LogP contribution in [-0.4, -0.2) is 34.8 Å². The van der Waals surface area contributed by atoms with Gasteiger partial charge in [-0.3, -0.25) is 4.79 Å². The van der Waals surface area contributed by atoms with Gasteiger partial charge in [-0.25, -0.2) is 4.79 Å². The zero-order valence-electron chi connectivity index (χ0n) is 11.5. The standard InChI is InChI=1S/C13H11F6NO3/c1-2-7-3-5-8(6-4-7)20-9(21)11(14,15)13(18,19)12(16,17)10(22)23/h3-6H,2H2,1H3,(H,20,21)(H,22,23). The van der Waals surface area contributed by atoms with Gasteiger partial charge in [0.2, 0.25) is 0 Å². The maximum atomic E-state index is 13.4. The van der Waals surface area contributed by atoms with Crippen LogP contribution in [0.3, 0.4) is 0 Å². The number of carbonyl (C=O) groups is 2. The lowest BCUT2D eigenvalue weighted by Gasteiger charge is -2.29. The van der Waals surface area contributed by atoms with Crippen LogP contribution in [0.1, 0.15) is 12.5 Å². The molecule has 0 aliphatic heterocycles. The first kappa shape index (κ1) is 18.8. The molecule has 4 nitrogen and oxygen atoms in total. The molecule has 1 amide bonds. The SMILES string of the molecule is CCc1ccc(NC(=O)C(F)(F)C(F)(F)C(F)(F)C(=O)O)cc1. The summed E-state index contributed by atoms with van der Waals surface area (Å²) in [6, 6.07) is 5.02. The summed E-state index contributed by atoms with van der Waals surface area (Å²) in [7, 11) is 0. The van der Waals surface area contributed by atoms with Crippen LogP contribution >= 0.6 is 0 Å². The highest BCUT2D eigenvalue weighted by Crippen LogP contribution is 2.46. The number of rotatable bonds is 6. The summed E-state index contributed by atoms with van der Waals surface area (Å²) in [5.74, 6) is -24.7. The van der Waals surface area contributed by atoms with Crippen LogP contribution in [0.4, 0.5) is 32.0 Å². The van der Waals surface area contributed by atoms with Gasteiger partial charge in [-0.05, 0) is 24.1 Å². The van der Waals surface area contributed by atoms with E-state index in [2.05, 4.69) is 0 Å². The van der Waals surface area contributed by atoms with E-state index in [1.54, 1.807) is 6.92 Å². The Bertz CT molecular complexity index is 600. The number of hydrogen-bond acceptors (Lipinski definition) is 2. The summed E-state index contributed by atoms with van der Waals surface area (Å²) in [6.07, 6.45) is 0.577. The van der Waals surface area contributed by atoms with E-state index < -0.39 is 29.6 Å². The first-order valence-electron chi connectivity index (χ1n) is 6.15. The molecule has 128 valence electrons. The minimum absolute atomic E-state index is 0.332. The molecule has 23 heavy (non-hydrogen) atoms. The lowest BCUT2D eigenvalue weighted by Crippen LogP contribution is -2.62. The van der Waals surface area contributed by atoms with Gasteiger partial charge in [0.05, 0.1) is 0 Å². The minimum atomic E-state index is -6.42. The first-order valence-corrected chi connectivity index (χ1v) is 6.15. The van der Waals surface area contributed by atoms with Crippen molar-refractivity contribution in [1.82, 2.24) is 0 Å². The highest BCUT2D eigenvalue weighted by atomic mass is 19.3. The molecule has 2 N–H and O–H groups in total. The molecular weight excluding hydrogens is 332 g/mol. The quantitative estimate of drug-likeness (QED) is 0.780. The molecule has 0 aliphatic rings. The number of carbonyl (C=O) groups excluding carboxylic acids is 1. The topological polar surface area (TPSA) is 66.4 Å². The van der Waals surface area contributed by atoms with Gasteiger partial charge in [0, 0.05) is 5.69 Å². The van der Waals surface area contributed by atoms with Crippen LogP contribution in [0.25, 0.3) is 0 Å². The number of benzene rings is 1. The molecule has 0 saturated heterocycles. The second-order valence-corrected chi connectivity index (χ2v) is 4.53. The molecule has 0 atom stereocenters. The van der Waals surface area contributed by atoms with Crippen LogP contribution in [0.2, 0.25) is 0 Å². The van der Waals surface area contributed by atoms with Crippen molar-refractivity contribution in [3.63, 3.8) is 0 Å². The number of carboxylic acids is 1. The zero-order valence-corrected chi connectivity index (χ0v) is 11.5. The van der Waals surface area contributed by atoms with E-state index in [9.17, 15) is 35.9 Å². The molecule has 0 spiro atoms. The van der Waals surface area contributed by atoms with Gasteiger partial charge in [-0.15, -0.1) is 0 Å². The van der Waals surface area contributed by atoms with Crippen LogP contribution in [0.15, 0.2) is 24.3 Å². The fourth-order valence-corrected chi connectivity index (χ4v) is 1.51. The van der Waals surface area contributed by atoms with Crippen molar-refractivity contribution in [3.05, 3.63) is 29.8 Å². The van der Waals surface area contributed by atoms with Crippen molar-refractivity contribution in [2.75, 3.05) is 5.32 Å². The number of aryl methyl sites for hydroxylation is 1. The third-order valence-corrected chi connectivity index (χ3v) is 2.96. The number of nitrogens with one attached hydrogen (secondary N) is 1. The summed E-state index contributed by atoms with van der Waals surface area (Å²) in [5, 5.41) is 9.33. The molecule has 0 heterocycles. The largest absolute Gasteiger partial charge is 0.477 e. The van der Waals surface area contributed by atoms with Crippen molar-refractivity contribution >= 4 is 17.6 Å². The monoisotopic (exact) mass is 343 g/mol. The highest BCUT2D eigenvalue weighted by Gasteiger charge is 2.78. The predicted octanol–water partition coefficient (Wildman–Crippen LogP) is 3.18. The number of amides is 1. The predicted molar refractivity (Wildman–Crippen MR) is 66.9 cm³/mol. The van der Waals surface area contributed by atoms with Crippen molar-refractivity contribution in [2.45, 2.75) is 31.1 Å². The number of aliphatic carboxylic acids is 1. The zero-order chi connectivity index (χ0) is 18.1. The first-order chi connectivity index (χ1) is 10.4. The van der Waals surface area contributed by atoms with Crippen molar-refractivity contribution in [1.29, 1.82) is 0 Å². The molecule has 0 unspecified atom stereocenters. The van der Waals surface area contributed by atoms with Gasteiger partial charge in [-0.2, -0.15) is 26.3 Å². The van der Waals surface area contributed by atoms with E-state index in [-0.39, 0.29) is 5.69 Å². The molecule has 1 rings (SSSR count). The van der Waals surface area contributed by atoms with Gasteiger partial charge in [0.1, 0.15) is 0 Å². The van der Waals surface area contributed by atoms with E-state index in [0.29, 0.717) is 6.42 Å². The van der Waals surface area contributed by atoms with Gasteiger partial charge >= 0.3 is 29.6 Å². The second-order valence-electron chi connectivity index (χ2n) is 4.53. The Balaban J connectivity index is 3.06. The molecule has 0 fully saturated rings. The molecule has 0 bridgehead atoms. The smallest absolute Gasteiger partial charge is 0.411 e. The number of halogens is 6. The molecular formula is C13H11F6NO3. The van der Waals surface area contributed by atoms with Gasteiger partial charge < -0.3 is 10.4 Å². The van der Waals surface area contributed by atoms with Gasteiger partial charge in [0.15, 0.2) is 0 Å². The molecule has 1 aromatic carbocycles. The summed E-state index contributed by atoms with van der Waals surface area (Å²) in [4.78, 5) is 21.3. The molecule has 0 aromatic heterocycles. The van der Waals surface area contributed by atoms with Gasteiger partial charge in [-0.1, -0.05) is 19.1 Å². The highest BCUT2D eigenvalue weighted by molar-refractivity contribution is 5.97. The lowest BCUT2D eigenvalue weighted by atomic mass is 10.0. The molecule has 0 saturated carbocycles. The third-order valence-electron chi connectivity index (χ3n) is 2.96. The van der Waals surface area contributed by atoms with Crippen LogP contribution < -0.4 is 5.32 Å². The minimum Gasteiger partial charge on any atom is -0.477 e.